The van der Waals surface area contributed by atoms with E-state index in [0.29, 0.717) is 30.6 Å². The molecule has 1 aromatic rings. The van der Waals surface area contributed by atoms with Crippen molar-refractivity contribution in [3.8, 4) is 5.75 Å². The van der Waals surface area contributed by atoms with Crippen LogP contribution in [0.4, 0.5) is 10.5 Å². The first-order chi connectivity index (χ1) is 28.9. The fourth-order valence-electron chi connectivity index (χ4n) is 5.53. The number of alkyl carbamates (subject to hydrolysis) is 1. The maximum atomic E-state index is 13.5. The Balaban J connectivity index is 1.91. The van der Waals surface area contributed by atoms with Crippen LogP contribution in [0, 0.1) is 0 Å². The quantitative estimate of drug-likeness (QED) is 0.0394. The van der Waals surface area contributed by atoms with Crippen molar-refractivity contribution >= 4 is 76.8 Å². The number of benzene rings is 1. The zero-order valence-corrected chi connectivity index (χ0v) is 35.7. The molecule has 1 heterocycles. The van der Waals surface area contributed by atoms with Gasteiger partial charge in [0.05, 0.1) is 18.5 Å². The maximum Gasteiger partial charge on any atom is 0.407 e. The number of rotatable bonds is 27. The minimum Gasteiger partial charge on any atom is -0.491 e. The molecule has 338 valence electrons. The Kier molecular flexibility index (Phi) is 22.6. The molecule has 1 aliphatic heterocycles. The lowest BCUT2D eigenvalue weighted by atomic mass is 10.1. The highest BCUT2D eigenvalue weighted by Gasteiger charge is 2.39. The summed E-state index contributed by atoms with van der Waals surface area (Å²) in [7, 11) is 1.40. The van der Waals surface area contributed by atoms with E-state index in [9.17, 15) is 53.1 Å². The van der Waals surface area contributed by atoms with Gasteiger partial charge in [-0.1, -0.05) is 0 Å². The van der Waals surface area contributed by atoms with Gasteiger partial charge in [0.25, 0.3) is 0 Å². The highest BCUT2D eigenvalue weighted by atomic mass is 32.2. The van der Waals surface area contributed by atoms with E-state index in [2.05, 4.69) is 37.2 Å². The molecular weight excluding hydrogens is 825 g/mol. The molecule has 0 aromatic heterocycles. The standard InChI is InChI=1S/C38H56N8O14S/c1-22(42-24(3)48)34(52)45-28(8-6-7-12-40-23(2)47)35(53)44-27-10-9-26(20-60-38(57)39-5)30(18-27)59-17-16-58-15-13-41-32(50)11-14-46-33(51)19-31(36(46)54)61-21-29(37(55)56)43-25(4)49/h9-10,18,22,28-29,31H,6-8,11-17,19-21H2,1-5H3,(H,39,57)(H,40,47)(H,41,50)(H,42,48)(H,43,49)(H,44,53)(H,45,52)(H,55,56)/t22-,28-,29-,31?/m0/s1. The van der Waals surface area contributed by atoms with Crippen LogP contribution in [0.3, 0.4) is 0 Å². The SMILES string of the molecule is CNC(=O)OCc1ccc(NC(=O)[C@H](CCCCNC(C)=O)NC(=O)[C@H](C)NC(C)=O)cc1OCCOCCNC(=O)CCN1C(=O)CC(SC[C@H](NC(C)=O)C(=O)O)C1=O. The van der Waals surface area contributed by atoms with Crippen LogP contribution in [0.5, 0.6) is 5.75 Å². The Hall–Kier alpha value is -5.97. The van der Waals surface area contributed by atoms with E-state index >= 15 is 0 Å². The second-order valence-corrected chi connectivity index (χ2v) is 14.9. The van der Waals surface area contributed by atoms with E-state index in [1.165, 1.54) is 40.8 Å². The average molecular weight is 881 g/mol. The molecule has 1 saturated heterocycles. The number of ether oxygens (including phenoxy) is 3. The van der Waals surface area contributed by atoms with Gasteiger partial charge in [-0.25, -0.2) is 9.59 Å². The Bertz CT molecular complexity index is 1750. The van der Waals surface area contributed by atoms with Crippen molar-refractivity contribution in [2.75, 3.05) is 57.6 Å². The number of carboxylic acids is 1. The van der Waals surface area contributed by atoms with E-state index in [1.54, 1.807) is 12.1 Å². The molecule has 61 heavy (non-hydrogen) atoms. The molecular formula is C38H56N8O14S. The van der Waals surface area contributed by atoms with E-state index in [1.807, 2.05) is 0 Å². The molecule has 0 bridgehead atoms. The molecule has 0 saturated carbocycles. The van der Waals surface area contributed by atoms with Crippen LogP contribution in [0.1, 0.15) is 65.4 Å². The number of nitrogens with zero attached hydrogens (tertiary/aromatic N) is 1. The molecule has 23 heteroatoms. The normalized spacial score (nSPS) is 14.8. The van der Waals surface area contributed by atoms with Crippen molar-refractivity contribution < 1.29 is 67.3 Å². The van der Waals surface area contributed by atoms with Gasteiger partial charge in [-0.3, -0.25) is 43.3 Å². The zero-order valence-electron chi connectivity index (χ0n) is 34.8. The summed E-state index contributed by atoms with van der Waals surface area (Å²) < 4.78 is 16.6. The Morgan fingerprint density at radius 1 is 0.869 bits per heavy atom. The number of carboxylic acid groups (broad SMARTS) is 1. The molecule has 4 atom stereocenters. The number of anilines is 1. The average Bonchev–Trinajstić information content (AvgIpc) is 3.46. The van der Waals surface area contributed by atoms with Gasteiger partial charge in [0.15, 0.2) is 0 Å². The lowest BCUT2D eigenvalue weighted by Crippen LogP contribution is -2.51. The van der Waals surface area contributed by atoms with Gasteiger partial charge in [-0.15, -0.1) is 11.8 Å². The van der Waals surface area contributed by atoms with Gasteiger partial charge >= 0.3 is 12.1 Å². The number of amides is 9. The van der Waals surface area contributed by atoms with E-state index in [0.717, 1.165) is 16.7 Å². The smallest absolute Gasteiger partial charge is 0.407 e. The van der Waals surface area contributed by atoms with Crippen LogP contribution >= 0.6 is 11.8 Å². The molecule has 22 nitrogen and oxygen atoms in total. The summed E-state index contributed by atoms with van der Waals surface area (Å²) in [5.74, 6) is -4.90. The van der Waals surface area contributed by atoms with E-state index < -0.39 is 76.8 Å². The topological polar surface area (TPSA) is 306 Å². The van der Waals surface area contributed by atoms with Gasteiger partial charge in [0.2, 0.25) is 47.3 Å². The van der Waals surface area contributed by atoms with Gasteiger partial charge in [0.1, 0.15) is 37.1 Å². The lowest BCUT2D eigenvalue weighted by molar-refractivity contribution is -0.141. The largest absolute Gasteiger partial charge is 0.491 e. The number of hydrogen-bond acceptors (Lipinski definition) is 14. The minimum atomic E-state index is -1.27. The first-order valence-corrected chi connectivity index (χ1v) is 20.5. The summed E-state index contributed by atoms with van der Waals surface area (Å²) in [5, 5.41) is 26.3. The minimum absolute atomic E-state index is 0.00270. The third-order valence-electron chi connectivity index (χ3n) is 8.60. The van der Waals surface area contributed by atoms with Gasteiger partial charge in [-0.05, 0) is 38.3 Å². The molecule has 8 N–H and O–H groups in total. The van der Waals surface area contributed by atoms with Crippen molar-refractivity contribution in [2.45, 2.75) is 89.8 Å². The first kappa shape index (κ1) is 51.2. The zero-order chi connectivity index (χ0) is 45.5. The van der Waals surface area contributed by atoms with Gasteiger partial charge < -0.3 is 56.5 Å². The summed E-state index contributed by atoms with van der Waals surface area (Å²) in [4.78, 5) is 122. The highest BCUT2D eigenvalue weighted by Crippen LogP contribution is 2.27. The molecule has 1 aliphatic rings. The summed E-state index contributed by atoms with van der Waals surface area (Å²) in [5.41, 5.74) is 0.746. The second kappa shape index (κ2) is 27.0. The summed E-state index contributed by atoms with van der Waals surface area (Å²) in [6.45, 7) is 5.58. The second-order valence-electron chi connectivity index (χ2n) is 13.7. The van der Waals surface area contributed by atoms with Crippen LogP contribution in [-0.2, 0) is 59.2 Å². The number of carbonyl (C=O) groups is 10. The number of carbonyl (C=O) groups excluding carboxylic acids is 9. The van der Waals surface area contributed by atoms with Gasteiger partial charge in [-0.2, -0.15) is 0 Å². The Morgan fingerprint density at radius 2 is 1.59 bits per heavy atom. The summed E-state index contributed by atoms with van der Waals surface area (Å²) >= 11 is 0.945. The number of unbranched alkanes of at least 4 members (excludes halogenated alkanes) is 1. The number of thioether (sulfide) groups is 1. The van der Waals surface area contributed by atoms with Crippen molar-refractivity contribution in [2.24, 2.45) is 0 Å². The first-order valence-electron chi connectivity index (χ1n) is 19.4. The predicted octanol–water partition coefficient (Wildman–Crippen LogP) is -0.851. The van der Waals surface area contributed by atoms with Crippen LogP contribution in [0.2, 0.25) is 0 Å². The Morgan fingerprint density at radius 3 is 2.25 bits per heavy atom. The molecule has 1 aromatic carbocycles. The molecule has 1 fully saturated rings. The molecule has 9 amide bonds. The molecule has 2 rings (SSSR count). The molecule has 1 unspecified atom stereocenters. The number of imide groups is 1. The lowest BCUT2D eigenvalue weighted by Gasteiger charge is -2.21. The molecule has 0 radical (unpaired) electrons. The number of nitrogens with one attached hydrogen (secondary N) is 7. The fraction of sp³-hybridized carbons (Fsp3) is 0.579. The van der Waals surface area contributed by atoms with Gasteiger partial charge in [0, 0.05) is 83.4 Å². The van der Waals surface area contributed by atoms with Crippen LogP contribution in [0.25, 0.3) is 0 Å². The predicted molar refractivity (Wildman–Crippen MR) is 219 cm³/mol. The monoisotopic (exact) mass is 880 g/mol. The maximum absolute atomic E-state index is 13.5. The van der Waals surface area contributed by atoms with Crippen molar-refractivity contribution in [3.05, 3.63) is 23.8 Å². The van der Waals surface area contributed by atoms with Crippen LogP contribution in [-0.4, -0.2) is 145 Å². The van der Waals surface area contributed by atoms with Crippen molar-refractivity contribution in [1.82, 2.24) is 36.8 Å². The number of aliphatic carboxylic acids is 1. The summed E-state index contributed by atoms with van der Waals surface area (Å²) in [6, 6.07) is 1.51. The van der Waals surface area contributed by atoms with Crippen LogP contribution < -0.4 is 42.0 Å². The Labute approximate surface area is 357 Å². The van der Waals surface area contributed by atoms with Crippen molar-refractivity contribution in [3.63, 3.8) is 0 Å². The number of hydrogen-bond donors (Lipinski definition) is 8. The third-order valence-corrected chi connectivity index (χ3v) is 9.89. The number of likely N-dealkylation sites (tertiary alicyclic amines) is 1. The highest BCUT2D eigenvalue weighted by molar-refractivity contribution is 8.00. The van der Waals surface area contributed by atoms with E-state index in [4.69, 9.17) is 14.2 Å². The van der Waals surface area contributed by atoms with Crippen LogP contribution in [0.15, 0.2) is 18.2 Å². The van der Waals surface area contributed by atoms with Crippen molar-refractivity contribution in [1.29, 1.82) is 0 Å². The molecule has 0 spiro atoms. The fourth-order valence-corrected chi connectivity index (χ4v) is 6.71. The summed E-state index contributed by atoms with van der Waals surface area (Å²) in [6.07, 6.45) is 0.232. The van der Waals surface area contributed by atoms with E-state index in [-0.39, 0.29) is 76.2 Å². The molecule has 0 aliphatic carbocycles. The third kappa shape index (κ3) is 19.8.